The zero-order valence-electron chi connectivity index (χ0n) is 15.6. The van der Waals surface area contributed by atoms with Crippen LogP contribution in [0.15, 0.2) is 24.3 Å². The molecular formula is C19H29N5O. The fourth-order valence-corrected chi connectivity index (χ4v) is 3.51. The molecule has 6 heteroatoms. The van der Waals surface area contributed by atoms with Crippen molar-refractivity contribution in [3.63, 3.8) is 0 Å². The number of fused-ring (bicyclic) bond motifs is 1. The average molecular weight is 343 g/mol. The Morgan fingerprint density at radius 1 is 1.08 bits per heavy atom. The lowest BCUT2D eigenvalue weighted by Crippen LogP contribution is -2.49. The van der Waals surface area contributed by atoms with Gasteiger partial charge in [0.25, 0.3) is 0 Å². The van der Waals surface area contributed by atoms with Crippen LogP contribution in [0.1, 0.15) is 19.7 Å². The van der Waals surface area contributed by atoms with E-state index in [1.807, 2.05) is 24.8 Å². The minimum absolute atomic E-state index is 0.244. The number of carbonyl (C=O) groups is 1. The van der Waals surface area contributed by atoms with Crippen LogP contribution in [0, 0.1) is 0 Å². The third-order valence-corrected chi connectivity index (χ3v) is 5.18. The molecule has 1 amide bonds. The third kappa shape index (κ3) is 4.02. The van der Waals surface area contributed by atoms with Crippen molar-refractivity contribution < 1.29 is 4.79 Å². The van der Waals surface area contributed by atoms with Crippen molar-refractivity contribution in [3.8, 4) is 0 Å². The van der Waals surface area contributed by atoms with Gasteiger partial charge in [-0.15, -0.1) is 0 Å². The van der Waals surface area contributed by atoms with Crippen LogP contribution in [0.4, 0.5) is 0 Å². The summed E-state index contributed by atoms with van der Waals surface area (Å²) in [5.74, 6) is 1.35. The molecular weight excluding hydrogens is 314 g/mol. The summed E-state index contributed by atoms with van der Waals surface area (Å²) in [5.41, 5.74) is 2.24. The van der Waals surface area contributed by atoms with Crippen LogP contribution >= 0.6 is 0 Å². The number of hydrogen-bond acceptors (Lipinski definition) is 4. The smallest absolute Gasteiger partial charge is 0.236 e. The van der Waals surface area contributed by atoms with Crippen molar-refractivity contribution >= 4 is 16.9 Å². The van der Waals surface area contributed by atoms with E-state index in [0.29, 0.717) is 6.54 Å². The summed E-state index contributed by atoms with van der Waals surface area (Å²) >= 11 is 0. The molecule has 0 N–H and O–H groups in total. The maximum Gasteiger partial charge on any atom is 0.236 e. The van der Waals surface area contributed by atoms with Crippen molar-refractivity contribution in [1.82, 2.24) is 24.3 Å². The molecule has 0 bridgehead atoms. The lowest BCUT2D eigenvalue weighted by molar-refractivity contribution is -0.132. The zero-order valence-corrected chi connectivity index (χ0v) is 15.6. The average Bonchev–Trinajstić information content (AvgIpc) is 2.94. The van der Waals surface area contributed by atoms with Gasteiger partial charge in [0, 0.05) is 46.3 Å². The summed E-state index contributed by atoms with van der Waals surface area (Å²) in [6, 6.07) is 8.27. The van der Waals surface area contributed by atoms with Gasteiger partial charge in [0.15, 0.2) is 0 Å². The van der Waals surface area contributed by atoms with Crippen LogP contribution in [-0.4, -0.2) is 76.0 Å². The highest BCUT2D eigenvalue weighted by Crippen LogP contribution is 2.16. The molecule has 1 saturated heterocycles. The first-order valence-corrected chi connectivity index (χ1v) is 9.25. The largest absolute Gasteiger partial charge is 0.342 e. The first-order chi connectivity index (χ1) is 12.1. The maximum atomic E-state index is 12.2. The number of imidazole rings is 1. The van der Waals surface area contributed by atoms with Crippen LogP contribution in [0.3, 0.4) is 0 Å². The normalized spacial score (nSPS) is 16.4. The molecule has 1 aliphatic heterocycles. The second kappa shape index (κ2) is 7.97. The molecule has 0 saturated carbocycles. The Labute approximate surface area is 150 Å². The van der Waals surface area contributed by atoms with Crippen molar-refractivity contribution in [1.29, 1.82) is 0 Å². The minimum Gasteiger partial charge on any atom is -0.342 e. The van der Waals surface area contributed by atoms with Gasteiger partial charge in [0.05, 0.1) is 24.1 Å². The van der Waals surface area contributed by atoms with Crippen LogP contribution in [0.25, 0.3) is 11.0 Å². The van der Waals surface area contributed by atoms with Crippen molar-refractivity contribution in [3.05, 3.63) is 30.1 Å². The molecule has 0 radical (unpaired) electrons. The van der Waals surface area contributed by atoms with Gasteiger partial charge in [0.1, 0.15) is 5.82 Å². The SMILES string of the molecule is CCN(CC)C(=O)CN1CCN(Cc2nc3ccccc3n2C)CC1. The molecule has 0 aliphatic carbocycles. The third-order valence-electron chi connectivity index (χ3n) is 5.18. The summed E-state index contributed by atoms with van der Waals surface area (Å²) in [6.07, 6.45) is 0. The van der Waals surface area contributed by atoms with Crippen LogP contribution in [-0.2, 0) is 18.4 Å². The van der Waals surface area contributed by atoms with E-state index >= 15 is 0 Å². The number of hydrogen-bond donors (Lipinski definition) is 0. The molecule has 2 aromatic rings. The van der Waals surface area contributed by atoms with Gasteiger partial charge in [-0.1, -0.05) is 12.1 Å². The Bertz CT molecular complexity index is 714. The Morgan fingerprint density at radius 2 is 1.72 bits per heavy atom. The van der Waals surface area contributed by atoms with Gasteiger partial charge in [-0.25, -0.2) is 4.98 Å². The van der Waals surface area contributed by atoms with Crippen LogP contribution < -0.4 is 0 Å². The Balaban J connectivity index is 1.54. The second-order valence-electron chi connectivity index (χ2n) is 6.69. The second-order valence-corrected chi connectivity index (χ2v) is 6.69. The number of benzene rings is 1. The molecule has 2 heterocycles. The highest BCUT2D eigenvalue weighted by Gasteiger charge is 2.22. The summed E-state index contributed by atoms with van der Waals surface area (Å²) in [5, 5.41) is 0. The summed E-state index contributed by atoms with van der Waals surface area (Å²) < 4.78 is 2.19. The molecule has 25 heavy (non-hydrogen) atoms. The number of likely N-dealkylation sites (N-methyl/N-ethyl adjacent to an activating group) is 1. The number of aryl methyl sites for hydroxylation is 1. The predicted octanol–water partition coefficient (Wildman–Crippen LogP) is 1.56. The molecule has 3 rings (SSSR count). The fourth-order valence-electron chi connectivity index (χ4n) is 3.51. The zero-order chi connectivity index (χ0) is 17.8. The number of carbonyl (C=O) groups excluding carboxylic acids is 1. The van der Waals surface area contributed by atoms with Gasteiger partial charge in [0.2, 0.25) is 5.91 Å². The van der Waals surface area contributed by atoms with E-state index in [4.69, 9.17) is 4.98 Å². The Hall–Kier alpha value is -1.92. The lowest BCUT2D eigenvalue weighted by Gasteiger charge is -2.35. The van der Waals surface area contributed by atoms with E-state index in [9.17, 15) is 4.79 Å². The quantitative estimate of drug-likeness (QED) is 0.798. The summed E-state index contributed by atoms with van der Waals surface area (Å²) in [4.78, 5) is 23.6. The fraction of sp³-hybridized carbons (Fsp3) is 0.579. The molecule has 1 aromatic carbocycles. The predicted molar refractivity (Wildman–Crippen MR) is 100 cm³/mol. The first kappa shape index (κ1) is 17.9. The van der Waals surface area contributed by atoms with E-state index in [-0.39, 0.29) is 5.91 Å². The Morgan fingerprint density at radius 3 is 2.36 bits per heavy atom. The van der Waals surface area contributed by atoms with Gasteiger partial charge < -0.3 is 9.47 Å². The topological polar surface area (TPSA) is 44.6 Å². The van der Waals surface area contributed by atoms with E-state index < -0.39 is 0 Å². The highest BCUT2D eigenvalue weighted by atomic mass is 16.2. The van der Waals surface area contributed by atoms with Crippen LogP contribution in [0.5, 0.6) is 0 Å². The molecule has 1 fully saturated rings. The van der Waals surface area contributed by atoms with Crippen molar-refractivity contribution in [2.24, 2.45) is 7.05 Å². The first-order valence-electron chi connectivity index (χ1n) is 9.25. The minimum atomic E-state index is 0.244. The summed E-state index contributed by atoms with van der Waals surface area (Å²) in [7, 11) is 2.09. The van der Waals surface area contributed by atoms with Gasteiger partial charge >= 0.3 is 0 Å². The van der Waals surface area contributed by atoms with E-state index in [1.165, 1.54) is 5.52 Å². The number of para-hydroxylation sites is 2. The van der Waals surface area contributed by atoms with E-state index in [0.717, 1.165) is 57.2 Å². The Kier molecular flexibility index (Phi) is 5.71. The van der Waals surface area contributed by atoms with Gasteiger partial charge in [-0.2, -0.15) is 0 Å². The van der Waals surface area contributed by atoms with E-state index in [1.54, 1.807) is 0 Å². The highest BCUT2D eigenvalue weighted by molar-refractivity contribution is 5.78. The van der Waals surface area contributed by atoms with E-state index in [2.05, 4.69) is 39.6 Å². The number of nitrogens with zero attached hydrogens (tertiary/aromatic N) is 5. The number of piperazine rings is 1. The monoisotopic (exact) mass is 343 g/mol. The molecule has 0 spiro atoms. The van der Waals surface area contributed by atoms with Crippen molar-refractivity contribution in [2.75, 3.05) is 45.8 Å². The molecule has 1 aromatic heterocycles. The molecule has 0 atom stereocenters. The molecule has 136 valence electrons. The maximum absolute atomic E-state index is 12.2. The summed E-state index contributed by atoms with van der Waals surface area (Å²) in [6.45, 7) is 10.9. The number of amides is 1. The lowest BCUT2D eigenvalue weighted by atomic mass is 10.3. The van der Waals surface area contributed by atoms with Crippen molar-refractivity contribution in [2.45, 2.75) is 20.4 Å². The molecule has 1 aliphatic rings. The number of rotatable bonds is 6. The van der Waals surface area contributed by atoms with Gasteiger partial charge in [-0.3, -0.25) is 14.6 Å². The molecule has 6 nitrogen and oxygen atoms in total. The van der Waals surface area contributed by atoms with Gasteiger partial charge in [-0.05, 0) is 26.0 Å². The molecule has 0 unspecified atom stereocenters. The number of aromatic nitrogens is 2. The van der Waals surface area contributed by atoms with Crippen LogP contribution in [0.2, 0.25) is 0 Å². The standard InChI is InChI=1S/C19H29N5O/c1-4-24(5-2)19(25)15-23-12-10-22(11-13-23)14-18-20-16-8-6-7-9-17(16)21(18)3/h6-9H,4-5,10-15H2,1-3H3.